The zero-order valence-electron chi connectivity index (χ0n) is 11.2. The second-order valence-electron chi connectivity index (χ2n) is 4.94. The van der Waals surface area contributed by atoms with Gasteiger partial charge >= 0.3 is 0 Å². The maximum Gasteiger partial charge on any atom is 0.240 e. The Kier molecular flexibility index (Phi) is 4.68. The molecule has 0 aliphatic carbocycles. The molecule has 0 radical (unpaired) electrons. The lowest BCUT2D eigenvalue weighted by Crippen LogP contribution is -2.42. The minimum absolute atomic E-state index is 0.388. The van der Waals surface area contributed by atoms with Gasteiger partial charge in [0.05, 0.1) is 11.8 Å². The summed E-state index contributed by atoms with van der Waals surface area (Å²) in [5, 5.41) is 8.50. The average molecular weight is 300 g/mol. The maximum absolute atomic E-state index is 5.42. The molecule has 19 heavy (non-hydrogen) atoms. The number of nitrogens with zero attached hydrogens (tertiary/aromatic N) is 3. The van der Waals surface area contributed by atoms with Gasteiger partial charge in [-0.3, -0.25) is 4.90 Å². The molecule has 1 aromatic heterocycles. The van der Waals surface area contributed by atoms with E-state index in [2.05, 4.69) is 27.3 Å². The third-order valence-electron chi connectivity index (χ3n) is 3.49. The first kappa shape index (κ1) is 13.7. The summed E-state index contributed by atoms with van der Waals surface area (Å²) < 4.78 is 5.42. The Bertz CT molecular complexity index is 408. The van der Waals surface area contributed by atoms with Crippen LogP contribution in [-0.2, 0) is 6.54 Å². The predicted molar refractivity (Wildman–Crippen MR) is 79.6 cm³/mol. The lowest BCUT2D eigenvalue weighted by molar-refractivity contribution is 0.203. The first-order valence-corrected chi connectivity index (χ1v) is 8.91. The lowest BCUT2D eigenvalue weighted by atomic mass is 10.3. The number of rotatable bonds is 3. The quantitative estimate of drug-likeness (QED) is 0.905. The van der Waals surface area contributed by atoms with E-state index in [0.717, 1.165) is 44.4 Å². The van der Waals surface area contributed by atoms with Gasteiger partial charge in [-0.05, 0) is 0 Å². The predicted octanol–water partition coefficient (Wildman–Crippen LogP) is 1.38. The van der Waals surface area contributed by atoms with Crippen LogP contribution in [0.3, 0.4) is 0 Å². The van der Waals surface area contributed by atoms with Crippen molar-refractivity contribution in [1.29, 1.82) is 0 Å². The van der Waals surface area contributed by atoms with Crippen molar-refractivity contribution in [2.24, 2.45) is 0 Å². The highest BCUT2D eigenvalue weighted by molar-refractivity contribution is 8.06. The summed E-state index contributed by atoms with van der Waals surface area (Å²) in [5.74, 6) is 4.06. The van der Waals surface area contributed by atoms with Gasteiger partial charge < -0.3 is 9.84 Å². The van der Waals surface area contributed by atoms with Crippen molar-refractivity contribution < 1.29 is 4.52 Å². The van der Waals surface area contributed by atoms with Crippen molar-refractivity contribution in [3.63, 3.8) is 0 Å². The molecular formula is C12H20N4OS2. The lowest BCUT2D eigenvalue weighted by Gasteiger charge is -2.25. The molecule has 3 heterocycles. The topological polar surface area (TPSA) is 54.2 Å². The number of nitrogens with one attached hydrogen (secondary N) is 1. The van der Waals surface area contributed by atoms with E-state index < -0.39 is 0 Å². The summed E-state index contributed by atoms with van der Waals surface area (Å²) in [7, 11) is 0. The fourth-order valence-electron chi connectivity index (χ4n) is 2.42. The second kappa shape index (κ2) is 6.47. The van der Waals surface area contributed by atoms with Crippen LogP contribution in [0.25, 0.3) is 0 Å². The molecule has 0 aromatic carbocycles. The Morgan fingerprint density at radius 1 is 1.32 bits per heavy atom. The summed E-state index contributed by atoms with van der Waals surface area (Å²) >= 11 is 3.96. The summed E-state index contributed by atoms with van der Waals surface area (Å²) in [6, 6.07) is 0. The van der Waals surface area contributed by atoms with Crippen molar-refractivity contribution in [2.45, 2.75) is 24.0 Å². The van der Waals surface area contributed by atoms with Crippen LogP contribution in [0, 0.1) is 0 Å². The molecule has 3 rings (SSSR count). The van der Waals surface area contributed by atoms with Crippen molar-refractivity contribution in [2.75, 3.05) is 37.7 Å². The molecule has 2 fully saturated rings. The molecule has 0 amide bonds. The molecule has 2 unspecified atom stereocenters. The third-order valence-corrected chi connectivity index (χ3v) is 6.58. The Morgan fingerprint density at radius 3 is 2.89 bits per heavy atom. The zero-order valence-corrected chi connectivity index (χ0v) is 12.8. The van der Waals surface area contributed by atoms with Gasteiger partial charge in [-0.25, -0.2) is 0 Å². The fraction of sp³-hybridized carbons (Fsp3) is 0.833. The van der Waals surface area contributed by atoms with Crippen molar-refractivity contribution >= 4 is 23.5 Å². The normalized spacial score (nSPS) is 29.5. The van der Waals surface area contributed by atoms with Crippen LogP contribution in [0.4, 0.5) is 0 Å². The van der Waals surface area contributed by atoms with E-state index in [-0.39, 0.29) is 0 Å². The molecule has 106 valence electrons. The van der Waals surface area contributed by atoms with Crippen LogP contribution >= 0.6 is 23.5 Å². The summed E-state index contributed by atoms with van der Waals surface area (Å²) in [6.07, 6.45) is 0. The van der Waals surface area contributed by atoms with Gasteiger partial charge in [0.15, 0.2) is 5.82 Å². The molecule has 5 nitrogen and oxygen atoms in total. The van der Waals surface area contributed by atoms with Crippen LogP contribution in [0.5, 0.6) is 0 Å². The third kappa shape index (κ3) is 3.45. The minimum Gasteiger partial charge on any atom is -0.338 e. The van der Waals surface area contributed by atoms with Crippen LogP contribution in [0.2, 0.25) is 0 Å². The molecule has 0 saturated carbocycles. The smallest absolute Gasteiger partial charge is 0.240 e. The van der Waals surface area contributed by atoms with E-state index >= 15 is 0 Å². The van der Waals surface area contributed by atoms with Crippen LogP contribution < -0.4 is 5.32 Å². The summed E-state index contributed by atoms with van der Waals surface area (Å²) in [6.45, 7) is 7.26. The van der Waals surface area contributed by atoms with Gasteiger partial charge in [-0.2, -0.15) is 16.7 Å². The highest BCUT2D eigenvalue weighted by atomic mass is 32.2. The van der Waals surface area contributed by atoms with Gasteiger partial charge in [0, 0.05) is 42.9 Å². The molecule has 1 N–H and O–H groups in total. The van der Waals surface area contributed by atoms with Gasteiger partial charge in [0.25, 0.3) is 0 Å². The van der Waals surface area contributed by atoms with Gasteiger partial charge in [0.2, 0.25) is 5.89 Å². The fourth-order valence-corrected chi connectivity index (χ4v) is 5.10. The monoisotopic (exact) mass is 300 g/mol. The Labute approximate surface area is 122 Å². The van der Waals surface area contributed by atoms with Crippen molar-refractivity contribution in [3.05, 3.63) is 11.7 Å². The average Bonchev–Trinajstić information content (AvgIpc) is 2.89. The molecule has 2 saturated heterocycles. The molecule has 2 aliphatic heterocycles. The first-order chi connectivity index (χ1) is 9.33. The van der Waals surface area contributed by atoms with E-state index in [9.17, 15) is 0 Å². The second-order valence-corrected chi connectivity index (χ2v) is 7.67. The molecule has 0 bridgehead atoms. The van der Waals surface area contributed by atoms with Crippen LogP contribution in [0.1, 0.15) is 23.9 Å². The SMILES string of the molecule is CC1SCCSC1c1noc(CN2CCNCC2)n1. The highest BCUT2D eigenvalue weighted by Gasteiger charge is 2.28. The molecule has 1 aromatic rings. The van der Waals surface area contributed by atoms with E-state index in [1.165, 1.54) is 11.5 Å². The standard InChI is InChI=1S/C12H20N4OS2/c1-9-11(19-7-6-18-9)12-14-10(17-15-12)8-16-4-2-13-3-5-16/h9,11,13H,2-8H2,1H3. The Balaban J connectivity index is 1.61. The molecular weight excluding hydrogens is 280 g/mol. The molecule has 0 spiro atoms. The van der Waals surface area contributed by atoms with Gasteiger partial charge in [-0.15, -0.1) is 11.8 Å². The highest BCUT2D eigenvalue weighted by Crippen LogP contribution is 2.41. The van der Waals surface area contributed by atoms with Gasteiger partial charge in [-0.1, -0.05) is 12.1 Å². The van der Waals surface area contributed by atoms with Crippen LogP contribution in [0.15, 0.2) is 4.52 Å². The van der Waals surface area contributed by atoms with E-state index in [4.69, 9.17) is 4.52 Å². The molecule has 2 aliphatic rings. The zero-order chi connectivity index (χ0) is 13.1. The molecule has 2 atom stereocenters. The van der Waals surface area contributed by atoms with Crippen molar-refractivity contribution in [1.82, 2.24) is 20.4 Å². The number of piperazine rings is 1. The number of hydrogen-bond acceptors (Lipinski definition) is 7. The number of hydrogen-bond donors (Lipinski definition) is 1. The van der Waals surface area contributed by atoms with E-state index in [0.29, 0.717) is 10.5 Å². The largest absolute Gasteiger partial charge is 0.338 e. The molecule has 7 heteroatoms. The van der Waals surface area contributed by atoms with E-state index in [1.54, 1.807) is 0 Å². The first-order valence-electron chi connectivity index (χ1n) is 6.81. The van der Waals surface area contributed by atoms with Crippen LogP contribution in [-0.4, -0.2) is 58.0 Å². The van der Waals surface area contributed by atoms with Crippen molar-refractivity contribution in [3.8, 4) is 0 Å². The maximum atomic E-state index is 5.42. The Morgan fingerprint density at radius 2 is 2.11 bits per heavy atom. The minimum atomic E-state index is 0.388. The van der Waals surface area contributed by atoms with Gasteiger partial charge in [0.1, 0.15) is 0 Å². The Hall–Kier alpha value is -0.240. The summed E-state index contributed by atoms with van der Waals surface area (Å²) in [5.41, 5.74) is 0. The van der Waals surface area contributed by atoms with E-state index in [1.807, 2.05) is 23.5 Å². The summed E-state index contributed by atoms with van der Waals surface area (Å²) in [4.78, 5) is 6.97. The number of aromatic nitrogens is 2. The number of thioether (sulfide) groups is 2.